The normalized spacial score (nSPS) is 16.2. The summed E-state index contributed by atoms with van der Waals surface area (Å²) in [6, 6.07) is 9.84. The third-order valence-electron chi connectivity index (χ3n) is 4.58. The molecule has 1 amide bonds. The van der Waals surface area contributed by atoms with E-state index in [4.69, 9.17) is 0 Å². The summed E-state index contributed by atoms with van der Waals surface area (Å²) in [6.45, 7) is 3.98. The molecule has 0 fully saturated rings. The number of aryl methyl sites for hydroxylation is 1. The Morgan fingerprint density at radius 3 is 3.04 bits per heavy atom. The minimum absolute atomic E-state index is 0.0576. The molecule has 7 heteroatoms. The van der Waals surface area contributed by atoms with Crippen LogP contribution in [-0.4, -0.2) is 27.1 Å². The number of hydrogen-bond donors (Lipinski definition) is 0. The van der Waals surface area contributed by atoms with Gasteiger partial charge in [0.2, 0.25) is 5.91 Å². The lowest BCUT2D eigenvalue weighted by Crippen LogP contribution is -2.37. The lowest BCUT2D eigenvalue weighted by molar-refractivity contribution is -0.116. The van der Waals surface area contributed by atoms with Crippen LogP contribution in [0.5, 0.6) is 0 Å². The summed E-state index contributed by atoms with van der Waals surface area (Å²) in [6.07, 6.45) is 0.902. The van der Waals surface area contributed by atoms with E-state index in [1.165, 1.54) is 28.7 Å². The summed E-state index contributed by atoms with van der Waals surface area (Å²) in [5.41, 5.74) is 3.82. The maximum Gasteiger partial charge on any atom is 0.258 e. The van der Waals surface area contributed by atoms with E-state index in [9.17, 15) is 9.59 Å². The van der Waals surface area contributed by atoms with E-state index in [1.807, 2.05) is 35.4 Å². The van der Waals surface area contributed by atoms with Crippen molar-refractivity contribution < 1.29 is 4.79 Å². The second-order valence-corrected chi connectivity index (χ2v) is 8.34. The molecule has 1 atom stereocenters. The van der Waals surface area contributed by atoms with Crippen LogP contribution in [0.25, 0.3) is 4.96 Å². The third kappa shape index (κ3) is 3.05. The van der Waals surface area contributed by atoms with Gasteiger partial charge in [-0.2, -0.15) is 0 Å². The van der Waals surface area contributed by atoms with Crippen molar-refractivity contribution in [1.29, 1.82) is 0 Å². The number of hydrogen-bond acceptors (Lipinski definition) is 5. The van der Waals surface area contributed by atoms with Gasteiger partial charge in [0.15, 0.2) is 4.96 Å². The summed E-state index contributed by atoms with van der Waals surface area (Å²) in [7, 11) is 0. The smallest absolute Gasteiger partial charge is 0.258 e. The Morgan fingerprint density at radius 1 is 1.38 bits per heavy atom. The SMILES string of the molecule is Cc1csc2nc(CSCC(=O)N3c4ccccc4C[C@@H]3C)cc(=O)n12. The van der Waals surface area contributed by atoms with Gasteiger partial charge in [-0.3, -0.25) is 14.0 Å². The standard InChI is InChI=1S/C19H19N3O2S2/c1-12-7-14-5-3-4-6-16(14)21(12)18(24)11-25-10-15-8-17(23)22-13(2)9-26-19(22)20-15/h3-6,8-9,12H,7,10-11H2,1-2H3/t12-/m0/s1. The molecule has 3 heterocycles. The Morgan fingerprint density at radius 2 is 2.19 bits per heavy atom. The van der Waals surface area contributed by atoms with Crippen molar-refractivity contribution in [2.75, 3.05) is 10.7 Å². The summed E-state index contributed by atoms with van der Waals surface area (Å²) in [5.74, 6) is 1.04. The van der Waals surface area contributed by atoms with Crippen LogP contribution in [0.2, 0.25) is 0 Å². The number of fused-ring (bicyclic) bond motifs is 2. The van der Waals surface area contributed by atoms with E-state index in [-0.39, 0.29) is 17.5 Å². The number of benzene rings is 1. The van der Waals surface area contributed by atoms with Crippen LogP contribution in [0.15, 0.2) is 40.5 Å². The van der Waals surface area contributed by atoms with Gasteiger partial charge in [0, 0.05) is 34.6 Å². The van der Waals surface area contributed by atoms with Crippen molar-refractivity contribution >= 4 is 39.7 Å². The van der Waals surface area contributed by atoms with E-state index in [2.05, 4.69) is 18.0 Å². The number of para-hydroxylation sites is 1. The molecule has 0 aliphatic carbocycles. The minimum Gasteiger partial charge on any atom is -0.308 e. The lowest BCUT2D eigenvalue weighted by Gasteiger charge is -2.22. The van der Waals surface area contributed by atoms with E-state index >= 15 is 0 Å². The van der Waals surface area contributed by atoms with Gasteiger partial charge < -0.3 is 4.90 Å². The number of amides is 1. The summed E-state index contributed by atoms with van der Waals surface area (Å²) < 4.78 is 1.62. The third-order valence-corrected chi connectivity index (χ3v) is 6.47. The zero-order chi connectivity index (χ0) is 18.3. The van der Waals surface area contributed by atoms with E-state index in [1.54, 1.807) is 10.5 Å². The van der Waals surface area contributed by atoms with Crippen LogP contribution >= 0.6 is 23.1 Å². The molecule has 5 nitrogen and oxygen atoms in total. The number of thiazole rings is 1. The van der Waals surface area contributed by atoms with E-state index < -0.39 is 0 Å². The van der Waals surface area contributed by atoms with Gasteiger partial charge in [-0.1, -0.05) is 18.2 Å². The van der Waals surface area contributed by atoms with Gasteiger partial charge in [0.25, 0.3) is 5.56 Å². The van der Waals surface area contributed by atoms with Crippen LogP contribution in [-0.2, 0) is 17.0 Å². The first kappa shape index (κ1) is 17.3. The number of anilines is 1. The predicted octanol–water partition coefficient (Wildman–Crippen LogP) is 3.28. The molecule has 0 spiro atoms. The van der Waals surface area contributed by atoms with E-state index in [0.717, 1.165) is 23.5 Å². The molecule has 134 valence electrons. The summed E-state index contributed by atoms with van der Waals surface area (Å²) in [4.78, 5) is 32.1. The highest BCUT2D eigenvalue weighted by Gasteiger charge is 2.30. The van der Waals surface area contributed by atoms with Gasteiger partial charge in [-0.05, 0) is 31.9 Å². The molecule has 3 aromatic rings. The maximum absolute atomic E-state index is 12.7. The zero-order valence-electron chi connectivity index (χ0n) is 14.6. The zero-order valence-corrected chi connectivity index (χ0v) is 16.3. The Balaban J connectivity index is 1.44. The lowest BCUT2D eigenvalue weighted by atomic mass is 10.1. The number of nitrogens with zero attached hydrogens (tertiary/aromatic N) is 3. The molecule has 2 aromatic heterocycles. The molecule has 0 radical (unpaired) electrons. The quantitative estimate of drug-likeness (QED) is 0.692. The van der Waals surface area contributed by atoms with E-state index in [0.29, 0.717) is 16.5 Å². The number of aromatic nitrogens is 2. The average Bonchev–Trinajstić information content (AvgIpc) is 3.14. The highest BCUT2D eigenvalue weighted by atomic mass is 32.2. The number of rotatable bonds is 4. The molecule has 0 saturated heterocycles. The Labute approximate surface area is 159 Å². The topological polar surface area (TPSA) is 54.7 Å². The van der Waals surface area contributed by atoms with Crippen LogP contribution in [0.1, 0.15) is 23.9 Å². The highest BCUT2D eigenvalue weighted by molar-refractivity contribution is 7.99. The second-order valence-electron chi connectivity index (χ2n) is 6.52. The fourth-order valence-electron chi connectivity index (χ4n) is 3.43. The molecule has 1 aliphatic rings. The van der Waals surface area contributed by atoms with Crippen molar-refractivity contribution in [3.8, 4) is 0 Å². The molecule has 0 saturated carbocycles. The number of carbonyl (C=O) groups is 1. The van der Waals surface area contributed by atoms with Crippen molar-refractivity contribution in [2.24, 2.45) is 0 Å². The Hall–Kier alpha value is -2.12. The van der Waals surface area contributed by atoms with Gasteiger partial charge in [0.1, 0.15) is 0 Å². The second kappa shape index (κ2) is 6.89. The van der Waals surface area contributed by atoms with Gasteiger partial charge in [0.05, 0.1) is 11.4 Å². The average molecular weight is 386 g/mol. The van der Waals surface area contributed by atoms with Gasteiger partial charge in [-0.25, -0.2) is 4.98 Å². The molecule has 0 N–H and O–H groups in total. The van der Waals surface area contributed by atoms with Crippen molar-refractivity contribution in [2.45, 2.75) is 32.1 Å². The minimum atomic E-state index is -0.0576. The summed E-state index contributed by atoms with van der Waals surface area (Å²) in [5, 5.41) is 1.93. The number of thioether (sulfide) groups is 1. The first-order valence-electron chi connectivity index (χ1n) is 8.49. The number of carbonyl (C=O) groups excluding carboxylic acids is 1. The van der Waals surface area contributed by atoms with Gasteiger partial charge in [-0.15, -0.1) is 23.1 Å². The maximum atomic E-state index is 12.7. The first-order chi connectivity index (χ1) is 12.5. The van der Waals surface area contributed by atoms with Crippen molar-refractivity contribution in [3.63, 3.8) is 0 Å². The van der Waals surface area contributed by atoms with Crippen LogP contribution < -0.4 is 10.5 Å². The first-order valence-corrected chi connectivity index (χ1v) is 10.5. The molecule has 26 heavy (non-hydrogen) atoms. The monoisotopic (exact) mass is 385 g/mol. The fourth-order valence-corrected chi connectivity index (χ4v) is 5.10. The molecule has 0 unspecified atom stereocenters. The fraction of sp³-hybridized carbons (Fsp3) is 0.316. The largest absolute Gasteiger partial charge is 0.308 e. The van der Waals surface area contributed by atoms with Crippen LogP contribution in [0.3, 0.4) is 0 Å². The van der Waals surface area contributed by atoms with Crippen LogP contribution in [0.4, 0.5) is 5.69 Å². The molecular weight excluding hydrogens is 366 g/mol. The highest BCUT2D eigenvalue weighted by Crippen LogP contribution is 2.32. The Kier molecular flexibility index (Phi) is 4.58. The Bertz CT molecular complexity index is 1040. The molecular formula is C19H19N3O2S2. The molecule has 0 bridgehead atoms. The molecule has 1 aliphatic heterocycles. The van der Waals surface area contributed by atoms with Gasteiger partial charge >= 0.3 is 0 Å². The van der Waals surface area contributed by atoms with Crippen LogP contribution in [0, 0.1) is 6.92 Å². The summed E-state index contributed by atoms with van der Waals surface area (Å²) >= 11 is 2.97. The predicted molar refractivity (Wildman–Crippen MR) is 107 cm³/mol. The molecule has 4 rings (SSSR count). The molecule has 1 aromatic carbocycles. The van der Waals surface area contributed by atoms with Crippen molar-refractivity contribution in [3.05, 3.63) is 63.0 Å². The van der Waals surface area contributed by atoms with Crippen molar-refractivity contribution in [1.82, 2.24) is 9.38 Å².